The van der Waals surface area contributed by atoms with Crippen molar-refractivity contribution in [2.24, 2.45) is 17.8 Å². The number of ether oxygens (including phenoxy) is 1. The lowest BCUT2D eigenvalue weighted by molar-refractivity contribution is -0.160. The number of carbonyl (C=O) groups is 2. The van der Waals surface area contributed by atoms with Crippen molar-refractivity contribution in [1.82, 2.24) is 0 Å². The number of hydrogen-bond donors (Lipinski definition) is 2. The molecule has 1 rings (SSSR count). The minimum atomic E-state index is -0.992. The average molecular weight is 272 g/mol. The summed E-state index contributed by atoms with van der Waals surface area (Å²) in [5, 5.41) is 18.8. The number of carbonyl (C=O) groups excluding carboxylic acids is 1. The van der Waals surface area contributed by atoms with Gasteiger partial charge in [-0.05, 0) is 45.4 Å². The summed E-state index contributed by atoms with van der Waals surface area (Å²) in [5.74, 6) is -1.99. The predicted octanol–water partition coefficient (Wildman–Crippen LogP) is 1.83. The van der Waals surface area contributed by atoms with Crippen LogP contribution in [0.2, 0.25) is 0 Å². The first-order valence-electron chi connectivity index (χ1n) is 6.73. The first kappa shape index (κ1) is 16.0. The quantitative estimate of drug-likeness (QED) is 0.766. The van der Waals surface area contributed by atoms with Crippen molar-refractivity contribution in [3.8, 4) is 0 Å². The van der Waals surface area contributed by atoms with Crippen molar-refractivity contribution < 1.29 is 24.5 Å². The fourth-order valence-corrected chi connectivity index (χ4v) is 2.60. The molecule has 0 saturated heterocycles. The maximum absolute atomic E-state index is 11.8. The zero-order valence-electron chi connectivity index (χ0n) is 12.0. The lowest BCUT2D eigenvalue weighted by atomic mass is 9.72. The van der Waals surface area contributed by atoms with E-state index in [0.29, 0.717) is 12.8 Å². The van der Waals surface area contributed by atoms with Gasteiger partial charge in [-0.2, -0.15) is 0 Å². The van der Waals surface area contributed by atoms with Crippen molar-refractivity contribution in [1.29, 1.82) is 0 Å². The summed E-state index contributed by atoms with van der Waals surface area (Å²) in [6.07, 6.45) is 0.151. The molecule has 4 unspecified atom stereocenters. The Morgan fingerprint density at radius 1 is 1.26 bits per heavy atom. The molecule has 1 saturated carbocycles. The fourth-order valence-electron chi connectivity index (χ4n) is 2.60. The molecule has 1 fully saturated rings. The van der Waals surface area contributed by atoms with Gasteiger partial charge in [0.05, 0.1) is 12.0 Å². The number of aliphatic carboxylic acids is 1. The molecule has 0 radical (unpaired) electrons. The highest BCUT2D eigenvalue weighted by Crippen LogP contribution is 2.36. The average Bonchev–Trinajstić information content (AvgIpc) is 2.18. The summed E-state index contributed by atoms with van der Waals surface area (Å²) in [7, 11) is 0. The third-order valence-electron chi connectivity index (χ3n) is 3.61. The van der Waals surface area contributed by atoms with E-state index in [1.807, 2.05) is 6.92 Å². The number of carboxylic acids is 1. The zero-order chi connectivity index (χ0) is 14.8. The van der Waals surface area contributed by atoms with Crippen LogP contribution in [-0.4, -0.2) is 33.9 Å². The lowest BCUT2D eigenvalue weighted by Crippen LogP contribution is -2.39. The Bertz CT molecular complexity index is 344. The second-order valence-corrected chi connectivity index (χ2v) is 6.51. The van der Waals surface area contributed by atoms with Crippen LogP contribution in [0.4, 0.5) is 0 Å². The lowest BCUT2D eigenvalue weighted by Gasteiger charge is -2.35. The molecule has 2 N–H and O–H groups in total. The molecule has 0 bridgehead atoms. The van der Waals surface area contributed by atoms with Crippen molar-refractivity contribution in [2.75, 3.05) is 0 Å². The molecular weight excluding hydrogens is 248 g/mol. The molecule has 0 aromatic rings. The molecular formula is C14H24O5. The van der Waals surface area contributed by atoms with Gasteiger partial charge in [-0.25, -0.2) is 0 Å². The monoisotopic (exact) mass is 272 g/mol. The topological polar surface area (TPSA) is 83.8 Å². The van der Waals surface area contributed by atoms with Gasteiger partial charge in [0.15, 0.2) is 0 Å². The van der Waals surface area contributed by atoms with E-state index in [1.54, 1.807) is 20.8 Å². The van der Waals surface area contributed by atoms with Gasteiger partial charge in [-0.3, -0.25) is 9.59 Å². The van der Waals surface area contributed by atoms with Crippen molar-refractivity contribution in [3.63, 3.8) is 0 Å². The largest absolute Gasteiger partial charge is 0.481 e. The standard InChI is InChI=1S/C14H24O5/c1-8-5-11(15)10(13(17)18)6-9(8)7-12(16)19-14(2,3)4/h8-11,15H,5-7H2,1-4H3,(H,17,18). The molecule has 19 heavy (non-hydrogen) atoms. The van der Waals surface area contributed by atoms with Crippen LogP contribution in [0, 0.1) is 17.8 Å². The second-order valence-electron chi connectivity index (χ2n) is 6.51. The van der Waals surface area contributed by atoms with E-state index in [1.165, 1.54) is 0 Å². The summed E-state index contributed by atoms with van der Waals surface area (Å²) in [5.41, 5.74) is -0.527. The van der Waals surface area contributed by atoms with Crippen LogP contribution in [0.1, 0.15) is 47.0 Å². The van der Waals surface area contributed by atoms with Crippen LogP contribution in [0.3, 0.4) is 0 Å². The van der Waals surface area contributed by atoms with E-state index in [0.717, 1.165) is 0 Å². The predicted molar refractivity (Wildman–Crippen MR) is 69.5 cm³/mol. The Hall–Kier alpha value is -1.10. The van der Waals surface area contributed by atoms with Crippen LogP contribution < -0.4 is 0 Å². The molecule has 0 heterocycles. The first-order valence-corrected chi connectivity index (χ1v) is 6.73. The molecule has 4 atom stereocenters. The van der Waals surface area contributed by atoms with Gasteiger partial charge in [0.2, 0.25) is 0 Å². The molecule has 1 aliphatic rings. The maximum atomic E-state index is 11.8. The van der Waals surface area contributed by atoms with Gasteiger partial charge < -0.3 is 14.9 Å². The Labute approximate surface area is 114 Å². The van der Waals surface area contributed by atoms with Crippen LogP contribution in [-0.2, 0) is 14.3 Å². The molecule has 5 heteroatoms. The number of rotatable bonds is 3. The van der Waals surface area contributed by atoms with Crippen molar-refractivity contribution in [2.45, 2.75) is 58.7 Å². The van der Waals surface area contributed by atoms with E-state index in [2.05, 4.69) is 0 Å². The van der Waals surface area contributed by atoms with E-state index >= 15 is 0 Å². The minimum Gasteiger partial charge on any atom is -0.481 e. The van der Waals surface area contributed by atoms with Crippen molar-refractivity contribution in [3.05, 3.63) is 0 Å². The second kappa shape index (κ2) is 5.90. The van der Waals surface area contributed by atoms with E-state index in [-0.39, 0.29) is 24.2 Å². The molecule has 1 aliphatic carbocycles. The molecule has 0 aromatic heterocycles. The van der Waals surface area contributed by atoms with E-state index in [4.69, 9.17) is 9.84 Å². The number of carboxylic acid groups (broad SMARTS) is 1. The Balaban J connectivity index is 2.62. The molecule has 110 valence electrons. The summed E-state index contributed by atoms with van der Waals surface area (Å²) < 4.78 is 5.26. The Morgan fingerprint density at radius 2 is 1.84 bits per heavy atom. The third kappa shape index (κ3) is 4.82. The van der Waals surface area contributed by atoms with Gasteiger partial charge in [0.1, 0.15) is 5.60 Å². The smallest absolute Gasteiger partial charge is 0.309 e. The normalized spacial score (nSPS) is 31.8. The van der Waals surface area contributed by atoms with Crippen LogP contribution >= 0.6 is 0 Å². The SMILES string of the molecule is CC1CC(O)C(C(=O)O)CC1CC(=O)OC(C)(C)C. The number of aliphatic hydroxyl groups is 1. The van der Waals surface area contributed by atoms with E-state index in [9.17, 15) is 14.7 Å². The molecule has 0 amide bonds. The Morgan fingerprint density at radius 3 is 2.32 bits per heavy atom. The summed E-state index contributed by atoms with van der Waals surface area (Å²) in [6.45, 7) is 7.35. The van der Waals surface area contributed by atoms with Crippen LogP contribution in [0.15, 0.2) is 0 Å². The Kier molecular flexibility index (Phi) is 4.96. The highest BCUT2D eigenvalue weighted by atomic mass is 16.6. The van der Waals surface area contributed by atoms with Gasteiger partial charge >= 0.3 is 11.9 Å². The van der Waals surface area contributed by atoms with Gasteiger partial charge in [0.25, 0.3) is 0 Å². The van der Waals surface area contributed by atoms with Gasteiger partial charge in [-0.1, -0.05) is 6.92 Å². The zero-order valence-corrected chi connectivity index (χ0v) is 12.0. The highest BCUT2D eigenvalue weighted by Gasteiger charge is 2.39. The number of esters is 1. The summed E-state index contributed by atoms with van der Waals surface area (Å²) in [4.78, 5) is 22.9. The van der Waals surface area contributed by atoms with Crippen molar-refractivity contribution >= 4 is 11.9 Å². The minimum absolute atomic E-state index is 0.0423. The summed E-state index contributed by atoms with van der Waals surface area (Å²) >= 11 is 0. The number of hydrogen-bond acceptors (Lipinski definition) is 4. The maximum Gasteiger partial charge on any atom is 0.309 e. The molecule has 0 aromatic carbocycles. The molecule has 0 aliphatic heterocycles. The summed E-state index contributed by atoms with van der Waals surface area (Å²) in [6, 6.07) is 0. The van der Waals surface area contributed by atoms with Crippen LogP contribution in [0.5, 0.6) is 0 Å². The number of aliphatic hydroxyl groups excluding tert-OH is 1. The first-order chi connectivity index (χ1) is 8.60. The molecule has 0 spiro atoms. The van der Waals surface area contributed by atoms with Crippen LogP contribution in [0.25, 0.3) is 0 Å². The van der Waals surface area contributed by atoms with E-state index < -0.39 is 23.6 Å². The highest BCUT2D eigenvalue weighted by molar-refractivity contribution is 5.72. The van der Waals surface area contributed by atoms with Gasteiger partial charge in [0, 0.05) is 6.42 Å². The van der Waals surface area contributed by atoms with Gasteiger partial charge in [-0.15, -0.1) is 0 Å². The fraction of sp³-hybridized carbons (Fsp3) is 0.857. The molecule has 5 nitrogen and oxygen atoms in total. The third-order valence-corrected chi connectivity index (χ3v) is 3.61.